The number of carbonyl (C=O) groups excluding carboxylic acids is 2. The fourth-order valence-corrected chi connectivity index (χ4v) is 5.82. The summed E-state index contributed by atoms with van der Waals surface area (Å²) in [5, 5.41) is 30.1. The lowest BCUT2D eigenvalue weighted by molar-refractivity contribution is -0.130. The van der Waals surface area contributed by atoms with Gasteiger partial charge in [-0.2, -0.15) is 4.98 Å². The summed E-state index contributed by atoms with van der Waals surface area (Å²) in [6, 6.07) is 0.908. The highest BCUT2D eigenvalue weighted by Crippen LogP contribution is 2.27. The van der Waals surface area contributed by atoms with Crippen LogP contribution in [0.1, 0.15) is 98.7 Å². The first kappa shape index (κ1) is 34.8. The summed E-state index contributed by atoms with van der Waals surface area (Å²) in [5.74, 6) is 0.652. The molecule has 2 amide bonds. The van der Waals surface area contributed by atoms with Crippen molar-refractivity contribution in [3.05, 3.63) is 40.5 Å². The monoisotopic (exact) mass is 613 g/mol. The Bertz CT molecular complexity index is 1210. The SMILES string of the molecule is Cc1cc(O)cc(C)c1C[C@H](NC(=O)[C@H](N)CCCNC(=N)N)C(=O)N[C@@H](CCCCN)c1nc(CC2CCCCC2)no1. The predicted octanol–water partition coefficient (Wildman–Crippen LogP) is 2.12. The van der Waals surface area contributed by atoms with E-state index < -0.39 is 29.9 Å². The topological polar surface area (TPSA) is 231 Å². The number of nitrogens with one attached hydrogen (secondary N) is 4. The highest BCUT2D eigenvalue weighted by molar-refractivity contribution is 5.90. The molecular weight excluding hydrogens is 562 g/mol. The Labute approximate surface area is 260 Å². The van der Waals surface area contributed by atoms with Crippen molar-refractivity contribution in [2.75, 3.05) is 13.1 Å². The lowest BCUT2D eigenvalue weighted by Crippen LogP contribution is -2.53. The van der Waals surface area contributed by atoms with E-state index >= 15 is 0 Å². The van der Waals surface area contributed by atoms with Gasteiger partial charge in [-0.1, -0.05) is 37.3 Å². The number of rotatable bonds is 17. The van der Waals surface area contributed by atoms with Crippen LogP contribution in [-0.2, 0) is 22.4 Å². The second-order valence-electron chi connectivity index (χ2n) is 12.0. The Kier molecular flexibility index (Phi) is 13.9. The van der Waals surface area contributed by atoms with Crippen LogP contribution in [0.3, 0.4) is 0 Å². The van der Waals surface area contributed by atoms with Crippen molar-refractivity contribution in [3.8, 4) is 5.75 Å². The van der Waals surface area contributed by atoms with Crippen LogP contribution in [0.25, 0.3) is 0 Å². The molecule has 13 heteroatoms. The van der Waals surface area contributed by atoms with Gasteiger partial charge in [0.2, 0.25) is 17.7 Å². The lowest BCUT2D eigenvalue weighted by atomic mass is 9.87. The van der Waals surface area contributed by atoms with Crippen LogP contribution in [0.5, 0.6) is 5.75 Å². The van der Waals surface area contributed by atoms with Crippen molar-refractivity contribution < 1.29 is 19.2 Å². The van der Waals surface area contributed by atoms with E-state index in [1.165, 1.54) is 19.3 Å². The quantitative estimate of drug-likeness (QED) is 0.0735. The maximum absolute atomic E-state index is 13.9. The van der Waals surface area contributed by atoms with E-state index in [4.69, 9.17) is 27.1 Å². The Hall–Kier alpha value is -3.71. The van der Waals surface area contributed by atoms with Crippen molar-refractivity contribution in [2.24, 2.45) is 23.1 Å². The molecule has 3 rings (SSSR count). The molecule has 0 spiro atoms. The molecule has 13 nitrogen and oxygen atoms in total. The molecule has 2 aromatic rings. The smallest absolute Gasteiger partial charge is 0.249 e. The normalized spacial score (nSPS) is 15.7. The van der Waals surface area contributed by atoms with Gasteiger partial charge in [-0.15, -0.1) is 0 Å². The molecule has 244 valence electrons. The number of hydrogen-bond acceptors (Lipinski definition) is 9. The summed E-state index contributed by atoms with van der Waals surface area (Å²) in [4.78, 5) is 31.7. The number of unbranched alkanes of at least 4 members (excludes halogenated alkanes) is 1. The zero-order valence-corrected chi connectivity index (χ0v) is 26.2. The molecule has 11 N–H and O–H groups in total. The molecule has 1 heterocycles. The molecule has 0 bridgehead atoms. The third-order valence-corrected chi connectivity index (χ3v) is 8.31. The summed E-state index contributed by atoms with van der Waals surface area (Å²) in [5.41, 5.74) is 19.7. The highest BCUT2D eigenvalue weighted by Gasteiger charge is 2.29. The number of aromatic nitrogens is 2. The van der Waals surface area contributed by atoms with Gasteiger partial charge in [0, 0.05) is 19.4 Å². The molecule has 0 radical (unpaired) electrons. The first-order valence-electron chi connectivity index (χ1n) is 15.8. The van der Waals surface area contributed by atoms with Gasteiger partial charge in [0.1, 0.15) is 17.8 Å². The summed E-state index contributed by atoms with van der Waals surface area (Å²) in [6.45, 7) is 4.64. The molecule has 0 unspecified atom stereocenters. The number of phenols is 1. The van der Waals surface area contributed by atoms with E-state index in [9.17, 15) is 14.7 Å². The Morgan fingerprint density at radius 1 is 1.07 bits per heavy atom. The lowest BCUT2D eigenvalue weighted by Gasteiger charge is -2.24. The predicted molar refractivity (Wildman–Crippen MR) is 169 cm³/mol. The maximum Gasteiger partial charge on any atom is 0.249 e. The Morgan fingerprint density at radius 2 is 1.77 bits per heavy atom. The standard InChI is InChI=1S/C31H51N9O4/c1-19-15-22(41)16-20(2)23(19)18-26(38-28(42)24(33)11-8-14-36-31(34)35)29(43)37-25(12-6-7-13-32)30-39-27(40-44-30)17-21-9-4-3-5-10-21/h15-16,21,24-26,41H,3-14,17-18,32-33H2,1-2H3,(H,37,43)(H,38,42)(H4,34,35,36)/t24-,25+,26+/m1/s1. The van der Waals surface area contributed by atoms with Crippen LogP contribution in [0.4, 0.5) is 0 Å². The number of guanidine groups is 1. The van der Waals surface area contributed by atoms with Crippen LogP contribution >= 0.6 is 0 Å². The number of aryl methyl sites for hydroxylation is 2. The Balaban J connectivity index is 1.78. The van der Waals surface area contributed by atoms with Gasteiger partial charge in [-0.25, -0.2) is 0 Å². The van der Waals surface area contributed by atoms with Crippen LogP contribution in [0.15, 0.2) is 16.7 Å². The van der Waals surface area contributed by atoms with Gasteiger partial charge < -0.3 is 42.8 Å². The molecule has 3 atom stereocenters. The minimum absolute atomic E-state index is 0.135. The second kappa shape index (κ2) is 17.6. The number of hydrogen-bond donors (Lipinski definition) is 8. The summed E-state index contributed by atoms with van der Waals surface area (Å²) >= 11 is 0. The van der Waals surface area contributed by atoms with Gasteiger partial charge in [-0.3, -0.25) is 15.0 Å². The fourth-order valence-electron chi connectivity index (χ4n) is 5.82. The Morgan fingerprint density at radius 3 is 2.43 bits per heavy atom. The molecular formula is C31H51N9O4. The number of amides is 2. The van der Waals surface area contributed by atoms with E-state index in [-0.39, 0.29) is 18.1 Å². The largest absolute Gasteiger partial charge is 0.508 e. The second-order valence-corrected chi connectivity index (χ2v) is 12.0. The van der Waals surface area contributed by atoms with Crippen LogP contribution < -0.4 is 33.2 Å². The minimum atomic E-state index is -0.951. The number of benzene rings is 1. The zero-order valence-electron chi connectivity index (χ0n) is 26.2. The third-order valence-electron chi connectivity index (χ3n) is 8.31. The molecule has 1 fully saturated rings. The highest BCUT2D eigenvalue weighted by atomic mass is 16.5. The van der Waals surface area contributed by atoms with Crippen LogP contribution in [-0.4, -0.2) is 58.2 Å². The summed E-state index contributed by atoms with van der Waals surface area (Å²) < 4.78 is 5.67. The zero-order chi connectivity index (χ0) is 32.1. The van der Waals surface area contributed by atoms with Crippen molar-refractivity contribution in [1.82, 2.24) is 26.1 Å². The van der Waals surface area contributed by atoms with Crippen LogP contribution in [0, 0.1) is 25.2 Å². The van der Waals surface area contributed by atoms with Crippen molar-refractivity contribution in [1.29, 1.82) is 5.41 Å². The number of phenolic OH excluding ortho intramolecular Hbond substituents is 1. The molecule has 1 aromatic carbocycles. The van der Waals surface area contributed by atoms with Crippen molar-refractivity contribution >= 4 is 17.8 Å². The number of aromatic hydroxyl groups is 1. The minimum Gasteiger partial charge on any atom is -0.508 e. The molecule has 1 aliphatic rings. The average molecular weight is 614 g/mol. The van der Waals surface area contributed by atoms with E-state index in [2.05, 4.69) is 26.1 Å². The maximum atomic E-state index is 13.9. The molecule has 44 heavy (non-hydrogen) atoms. The summed E-state index contributed by atoms with van der Waals surface area (Å²) in [7, 11) is 0. The third kappa shape index (κ3) is 11.1. The molecule has 0 saturated heterocycles. The molecule has 1 aromatic heterocycles. The van der Waals surface area contributed by atoms with Crippen molar-refractivity contribution in [3.63, 3.8) is 0 Å². The van der Waals surface area contributed by atoms with Gasteiger partial charge in [-0.05, 0) is 87.2 Å². The van der Waals surface area contributed by atoms with E-state index in [1.807, 2.05) is 13.8 Å². The van der Waals surface area contributed by atoms with E-state index in [1.54, 1.807) is 12.1 Å². The number of nitrogens with zero attached hydrogens (tertiary/aromatic N) is 2. The van der Waals surface area contributed by atoms with E-state index in [0.717, 1.165) is 48.8 Å². The molecule has 1 saturated carbocycles. The molecule has 1 aliphatic carbocycles. The average Bonchev–Trinajstić information content (AvgIpc) is 3.44. The first-order chi connectivity index (χ1) is 21.1. The van der Waals surface area contributed by atoms with Gasteiger partial charge in [0.25, 0.3) is 0 Å². The van der Waals surface area contributed by atoms with Gasteiger partial charge >= 0.3 is 0 Å². The van der Waals surface area contributed by atoms with E-state index in [0.29, 0.717) is 50.0 Å². The van der Waals surface area contributed by atoms with Crippen LogP contribution in [0.2, 0.25) is 0 Å². The summed E-state index contributed by atoms with van der Waals surface area (Å²) in [6.07, 6.45) is 9.91. The van der Waals surface area contributed by atoms with Gasteiger partial charge in [0.15, 0.2) is 11.8 Å². The number of carbonyl (C=O) groups is 2. The number of nitrogens with two attached hydrogens (primary N) is 3. The molecule has 0 aliphatic heterocycles. The first-order valence-corrected chi connectivity index (χ1v) is 15.8. The fraction of sp³-hybridized carbons (Fsp3) is 0.645. The van der Waals surface area contributed by atoms with Crippen molar-refractivity contribution in [2.45, 2.75) is 109 Å². The van der Waals surface area contributed by atoms with Gasteiger partial charge in [0.05, 0.1) is 6.04 Å².